The van der Waals surface area contributed by atoms with Crippen molar-refractivity contribution in [1.29, 1.82) is 0 Å². The van der Waals surface area contributed by atoms with Gasteiger partial charge in [-0.3, -0.25) is 4.79 Å². The number of benzene rings is 1. The van der Waals surface area contributed by atoms with Crippen LogP contribution in [0.1, 0.15) is 34.4 Å². The normalized spacial score (nSPS) is 10.7. The van der Waals surface area contributed by atoms with Crippen LogP contribution in [-0.2, 0) is 6.42 Å². The van der Waals surface area contributed by atoms with Crippen molar-refractivity contribution in [3.63, 3.8) is 0 Å². The fourth-order valence-electron chi connectivity index (χ4n) is 2.26. The van der Waals surface area contributed by atoms with Crippen LogP contribution in [0.5, 0.6) is 0 Å². The topological polar surface area (TPSA) is 85.8 Å². The Balaban J connectivity index is 1.84. The Hall–Kier alpha value is -2.96. The van der Waals surface area contributed by atoms with E-state index < -0.39 is 0 Å². The first-order valence-electron chi connectivity index (χ1n) is 7.34. The molecule has 0 aliphatic carbocycles. The number of carbonyl (C=O) groups is 1. The van der Waals surface area contributed by atoms with E-state index in [0.29, 0.717) is 17.3 Å². The molecule has 0 fully saturated rings. The van der Waals surface area contributed by atoms with Gasteiger partial charge >= 0.3 is 0 Å². The molecule has 3 rings (SSSR count). The molecule has 118 valence electrons. The molecule has 0 radical (unpaired) electrons. The SMILES string of the molecule is CCc1ccc(-n2nnc(C(=O)Nc3cc(C)on3)c2C)cc1. The molecule has 1 amide bonds. The first-order chi connectivity index (χ1) is 11.1. The quantitative estimate of drug-likeness (QED) is 0.800. The number of aromatic nitrogens is 4. The summed E-state index contributed by atoms with van der Waals surface area (Å²) in [5, 5.41) is 14.4. The molecule has 0 unspecified atom stereocenters. The Morgan fingerprint density at radius 3 is 2.61 bits per heavy atom. The molecule has 0 atom stereocenters. The minimum absolute atomic E-state index is 0.255. The van der Waals surface area contributed by atoms with E-state index in [2.05, 4.69) is 27.7 Å². The summed E-state index contributed by atoms with van der Waals surface area (Å²) < 4.78 is 6.56. The zero-order valence-corrected chi connectivity index (χ0v) is 13.2. The van der Waals surface area contributed by atoms with E-state index in [4.69, 9.17) is 4.52 Å². The fourth-order valence-corrected chi connectivity index (χ4v) is 2.26. The standard InChI is InChI=1S/C16H17N5O2/c1-4-12-5-7-13(8-6-12)21-11(3)15(18-20-21)16(22)17-14-9-10(2)23-19-14/h5-9H,4H2,1-3H3,(H,17,19,22). The summed E-state index contributed by atoms with van der Waals surface area (Å²) in [6.07, 6.45) is 0.974. The summed E-state index contributed by atoms with van der Waals surface area (Å²) in [6, 6.07) is 9.64. The second-order valence-corrected chi connectivity index (χ2v) is 5.23. The van der Waals surface area contributed by atoms with Gasteiger partial charge in [-0.05, 0) is 38.0 Å². The molecule has 0 saturated carbocycles. The summed E-state index contributed by atoms with van der Waals surface area (Å²) in [5.74, 6) is 0.609. The van der Waals surface area contributed by atoms with Crippen LogP contribution in [0.2, 0.25) is 0 Å². The van der Waals surface area contributed by atoms with Crippen LogP contribution in [0, 0.1) is 13.8 Å². The number of carbonyl (C=O) groups excluding carboxylic acids is 1. The van der Waals surface area contributed by atoms with Crippen LogP contribution in [0.3, 0.4) is 0 Å². The highest BCUT2D eigenvalue weighted by atomic mass is 16.5. The van der Waals surface area contributed by atoms with Gasteiger partial charge in [-0.2, -0.15) is 0 Å². The van der Waals surface area contributed by atoms with Crippen LogP contribution in [0.25, 0.3) is 5.69 Å². The highest BCUT2D eigenvalue weighted by molar-refractivity contribution is 6.03. The molecule has 0 aliphatic heterocycles. The highest BCUT2D eigenvalue weighted by Gasteiger charge is 2.18. The average molecular weight is 311 g/mol. The minimum Gasteiger partial charge on any atom is -0.360 e. The van der Waals surface area contributed by atoms with Crippen molar-refractivity contribution in [2.24, 2.45) is 0 Å². The molecule has 0 bridgehead atoms. The lowest BCUT2D eigenvalue weighted by Gasteiger charge is -2.04. The molecular weight excluding hydrogens is 294 g/mol. The lowest BCUT2D eigenvalue weighted by Crippen LogP contribution is -2.14. The van der Waals surface area contributed by atoms with E-state index in [1.54, 1.807) is 24.6 Å². The summed E-state index contributed by atoms with van der Waals surface area (Å²) in [4.78, 5) is 12.3. The van der Waals surface area contributed by atoms with Crippen LogP contribution in [0.4, 0.5) is 5.82 Å². The molecule has 0 aliphatic rings. The Labute approximate surface area is 133 Å². The zero-order valence-electron chi connectivity index (χ0n) is 13.2. The molecule has 7 heteroatoms. The van der Waals surface area contributed by atoms with Crippen molar-refractivity contribution < 1.29 is 9.32 Å². The number of rotatable bonds is 4. The van der Waals surface area contributed by atoms with Gasteiger partial charge in [0.1, 0.15) is 5.76 Å². The Kier molecular flexibility index (Phi) is 3.92. The lowest BCUT2D eigenvalue weighted by atomic mass is 10.1. The van der Waals surface area contributed by atoms with Crippen LogP contribution in [0.15, 0.2) is 34.9 Å². The minimum atomic E-state index is -0.368. The van der Waals surface area contributed by atoms with E-state index >= 15 is 0 Å². The van der Waals surface area contributed by atoms with Crippen molar-refractivity contribution in [1.82, 2.24) is 20.2 Å². The number of hydrogen-bond donors (Lipinski definition) is 1. The molecular formula is C16H17N5O2. The molecule has 1 aromatic carbocycles. The van der Waals surface area contributed by atoms with Crippen molar-refractivity contribution in [3.05, 3.63) is 53.0 Å². The highest BCUT2D eigenvalue weighted by Crippen LogP contribution is 2.15. The maximum atomic E-state index is 12.3. The van der Waals surface area contributed by atoms with Gasteiger partial charge in [0.05, 0.1) is 11.4 Å². The van der Waals surface area contributed by atoms with Gasteiger partial charge in [-0.25, -0.2) is 4.68 Å². The van der Waals surface area contributed by atoms with Crippen molar-refractivity contribution in [2.45, 2.75) is 27.2 Å². The predicted molar refractivity (Wildman–Crippen MR) is 84.7 cm³/mol. The number of nitrogens with one attached hydrogen (secondary N) is 1. The van der Waals surface area contributed by atoms with Gasteiger partial charge in [0.15, 0.2) is 11.5 Å². The second-order valence-electron chi connectivity index (χ2n) is 5.23. The van der Waals surface area contributed by atoms with Gasteiger partial charge < -0.3 is 9.84 Å². The summed E-state index contributed by atoms with van der Waals surface area (Å²) in [6.45, 7) is 5.66. The average Bonchev–Trinajstić information content (AvgIpc) is 3.13. The molecule has 2 aromatic heterocycles. The van der Waals surface area contributed by atoms with E-state index in [1.807, 2.05) is 24.3 Å². The lowest BCUT2D eigenvalue weighted by molar-refractivity contribution is 0.102. The van der Waals surface area contributed by atoms with Crippen LogP contribution >= 0.6 is 0 Å². The molecule has 2 heterocycles. The number of amides is 1. The molecule has 0 spiro atoms. The third kappa shape index (κ3) is 2.98. The monoisotopic (exact) mass is 311 g/mol. The zero-order chi connectivity index (χ0) is 16.4. The smallest absolute Gasteiger partial charge is 0.279 e. The van der Waals surface area contributed by atoms with Crippen molar-refractivity contribution in [3.8, 4) is 5.69 Å². The van der Waals surface area contributed by atoms with Gasteiger partial charge in [-0.1, -0.05) is 29.4 Å². The number of hydrogen-bond acceptors (Lipinski definition) is 5. The van der Waals surface area contributed by atoms with E-state index in [0.717, 1.165) is 12.1 Å². The molecule has 1 N–H and O–H groups in total. The Morgan fingerprint density at radius 2 is 2.00 bits per heavy atom. The second kappa shape index (κ2) is 6.04. The van der Waals surface area contributed by atoms with Crippen molar-refractivity contribution in [2.75, 3.05) is 5.32 Å². The molecule has 7 nitrogen and oxygen atoms in total. The van der Waals surface area contributed by atoms with Gasteiger partial charge in [0, 0.05) is 6.07 Å². The molecule has 0 saturated heterocycles. The van der Waals surface area contributed by atoms with Crippen LogP contribution in [-0.4, -0.2) is 26.1 Å². The fraction of sp³-hybridized carbons (Fsp3) is 0.250. The maximum Gasteiger partial charge on any atom is 0.279 e. The molecule has 23 heavy (non-hydrogen) atoms. The summed E-state index contributed by atoms with van der Waals surface area (Å²) in [5.41, 5.74) is 3.02. The van der Waals surface area contributed by atoms with E-state index in [-0.39, 0.29) is 11.6 Å². The first-order valence-corrected chi connectivity index (χ1v) is 7.34. The maximum absolute atomic E-state index is 12.3. The summed E-state index contributed by atoms with van der Waals surface area (Å²) in [7, 11) is 0. The third-order valence-electron chi connectivity index (χ3n) is 3.57. The summed E-state index contributed by atoms with van der Waals surface area (Å²) >= 11 is 0. The van der Waals surface area contributed by atoms with Gasteiger partial charge in [0.2, 0.25) is 0 Å². The Morgan fingerprint density at radius 1 is 1.26 bits per heavy atom. The predicted octanol–water partition coefficient (Wildman–Crippen LogP) is 2.69. The first kappa shape index (κ1) is 15.0. The van der Waals surface area contributed by atoms with Crippen molar-refractivity contribution >= 4 is 11.7 Å². The van der Waals surface area contributed by atoms with E-state index in [1.165, 1.54) is 5.56 Å². The molecule has 3 aromatic rings. The van der Waals surface area contributed by atoms with Gasteiger partial charge in [-0.15, -0.1) is 5.10 Å². The van der Waals surface area contributed by atoms with Gasteiger partial charge in [0.25, 0.3) is 5.91 Å². The number of aryl methyl sites for hydroxylation is 2. The number of anilines is 1. The third-order valence-corrected chi connectivity index (χ3v) is 3.57. The Bertz CT molecular complexity index is 833. The number of nitrogens with zero attached hydrogens (tertiary/aromatic N) is 4. The largest absolute Gasteiger partial charge is 0.360 e. The van der Waals surface area contributed by atoms with Crippen LogP contribution < -0.4 is 5.32 Å². The van der Waals surface area contributed by atoms with E-state index in [9.17, 15) is 4.79 Å².